The third kappa shape index (κ3) is 5.04. The van der Waals surface area contributed by atoms with E-state index in [0.717, 1.165) is 10.0 Å². The van der Waals surface area contributed by atoms with Crippen molar-refractivity contribution in [2.75, 3.05) is 10.0 Å². The van der Waals surface area contributed by atoms with Gasteiger partial charge in [0, 0.05) is 21.3 Å². The van der Waals surface area contributed by atoms with Crippen LogP contribution in [0.25, 0.3) is 11.5 Å². The number of benzene rings is 3. The van der Waals surface area contributed by atoms with Crippen LogP contribution in [-0.2, 0) is 10.0 Å². The summed E-state index contributed by atoms with van der Waals surface area (Å²) in [6.45, 7) is 1.88. The van der Waals surface area contributed by atoms with Crippen LogP contribution in [-0.4, -0.2) is 24.5 Å². The van der Waals surface area contributed by atoms with Crippen LogP contribution in [0.1, 0.15) is 15.9 Å². The number of carbonyl (C=O) groups is 1. The Morgan fingerprint density at radius 3 is 2.22 bits per heavy atom. The minimum absolute atomic E-state index is 0.0444. The molecule has 0 radical (unpaired) electrons. The molecule has 0 saturated carbocycles. The predicted molar refractivity (Wildman–Crippen MR) is 124 cm³/mol. The van der Waals surface area contributed by atoms with Crippen LogP contribution in [0.4, 0.5) is 11.7 Å². The maximum Gasteiger partial charge on any atom is 0.322 e. The fourth-order valence-electron chi connectivity index (χ4n) is 2.77. The van der Waals surface area contributed by atoms with Crippen molar-refractivity contribution in [3.63, 3.8) is 0 Å². The zero-order valence-electron chi connectivity index (χ0n) is 16.7. The number of nitrogens with one attached hydrogen (secondary N) is 2. The normalized spacial score (nSPS) is 11.2. The highest BCUT2D eigenvalue weighted by molar-refractivity contribution is 9.10. The second kappa shape index (κ2) is 8.93. The van der Waals surface area contributed by atoms with Crippen molar-refractivity contribution in [1.29, 1.82) is 0 Å². The largest absolute Gasteiger partial charge is 0.403 e. The molecule has 1 amide bonds. The van der Waals surface area contributed by atoms with Gasteiger partial charge in [-0.1, -0.05) is 38.7 Å². The first-order chi connectivity index (χ1) is 15.3. The summed E-state index contributed by atoms with van der Waals surface area (Å²) in [6.07, 6.45) is 0. The van der Waals surface area contributed by atoms with E-state index in [9.17, 15) is 13.2 Å². The second-order valence-electron chi connectivity index (χ2n) is 6.87. The topological polar surface area (TPSA) is 114 Å². The van der Waals surface area contributed by atoms with E-state index in [0.29, 0.717) is 16.8 Å². The second-order valence-corrected chi connectivity index (χ2v) is 9.47. The van der Waals surface area contributed by atoms with Gasteiger partial charge < -0.3 is 4.42 Å². The van der Waals surface area contributed by atoms with E-state index in [1.807, 2.05) is 19.1 Å². The Morgan fingerprint density at radius 2 is 1.56 bits per heavy atom. The Bertz CT molecular complexity index is 1350. The van der Waals surface area contributed by atoms with Crippen molar-refractivity contribution >= 4 is 43.6 Å². The Labute approximate surface area is 192 Å². The van der Waals surface area contributed by atoms with Gasteiger partial charge in [-0.05, 0) is 67.6 Å². The summed E-state index contributed by atoms with van der Waals surface area (Å²) in [6, 6.07) is 19.8. The summed E-state index contributed by atoms with van der Waals surface area (Å²) >= 11 is 3.36. The van der Waals surface area contributed by atoms with Crippen molar-refractivity contribution in [3.05, 3.63) is 88.4 Å². The Morgan fingerprint density at radius 1 is 0.906 bits per heavy atom. The summed E-state index contributed by atoms with van der Waals surface area (Å²) in [5.41, 5.74) is 2.31. The van der Waals surface area contributed by atoms with Gasteiger partial charge in [0.05, 0.1) is 4.90 Å². The number of hydrogen-bond donors (Lipinski definition) is 2. The minimum Gasteiger partial charge on any atom is -0.403 e. The number of halogens is 1. The van der Waals surface area contributed by atoms with Crippen LogP contribution >= 0.6 is 15.9 Å². The lowest BCUT2D eigenvalue weighted by atomic mass is 10.2. The molecule has 4 rings (SSSR count). The Hall–Kier alpha value is -3.50. The van der Waals surface area contributed by atoms with Gasteiger partial charge in [-0.2, -0.15) is 0 Å². The van der Waals surface area contributed by atoms with Gasteiger partial charge in [-0.15, -0.1) is 5.10 Å². The Balaban J connectivity index is 1.42. The van der Waals surface area contributed by atoms with E-state index >= 15 is 0 Å². The van der Waals surface area contributed by atoms with Crippen LogP contribution in [0.15, 0.2) is 86.6 Å². The molecule has 0 atom stereocenters. The van der Waals surface area contributed by atoms with Gasteiger partial charge in [0.1, 0.15) is 0 Å². The van der Waals surface area contributed by atoms with Crippen LogP contribution in [0, 0.1) is 6.92 Å². The number of aromatic nitrogens is 2. The average Bonchev–Trinajstić information content (AvgIpc) is 3.23. The lowest BCUT2D eigenvalue weighted by Crippen LogP contribution is -2.14. The first kappa shape index (κ1) is 21.7. The van der Waals surface area contributed by atoms with E-state index in [1.54, 1.807) is 24.3 Å². The highest BCUT2D eigenvalue weighted by Crippen LogP contribution is 2.22. The van der Waals surface area contributed by atoms with E-state index in [2.05, 4.69) is 36.2 Å². The van der Waals surface area contributed by atoms with Crippen molar-refractivity contribution in [2.24, 2.45) is 0 Å². The molecule has 8 nitrogen and oxygen atoms in total. The number of anilines is 2. The fraction of sp³-hybridized carbons (Fsp3) is 0.0455. The molecule has 1 aromatic heterocycles. The molecule has 0 unspecified atom stereocenters. The summed E-state index contributed by atoms with van der Waals surface area (Å²) in [5.74, 6) is -0.197. The van der Waals surface area contributed by atoms with Crippen LogP contribution in [0.5, 0.6) is 0 Å². The predicted octanol–water partition coefficient (Wildman–Crippen LogP) is 4.86. The molecule has 2 N–H and O–H groups in total. The van der Waals surface area contributed by atoms with Crippen molar-refractivity contribution in [3.8, 4) is 11.5 Å². The summed E-state index contributed by atoms with van der Waals surface area (Å²) in [4.78, 5) is 12.6. The monoisotopic (exact) mass is 512 g/mol. The molecule has 32 heavy (non-hydrogen) atoms. The maximum absolute atomic E-state index is 12.5. The molecule has 1 heterocycles. The smallest absolute Gasteiger partial charge is 0.322 e. The molecule has 4 aromatic rings. The summed E-state index contributed by atoms with van der Waals surface area (Å²) in [7, 11) is -3.72. The molecule has 162 valence electrons. The number of amides is 1. The third-order valence-electron chi connectivity index (χ3n) is 4.47. The summed E-state index contributed by atoms with van der Waals surface area (Å²) < 4.78 is 33.9. The molecule has 0 spiro atoms. The van der Waals surface area contributed by atoms with Gasteiger partial charge in [0.2, 0.25) is 5.89 Å². The van der Waals surface area contributed by atoms with Crippen LogP contribution < -0.4 is 10.0 Å². The number of carbonyl (C=O) groups excluding carboxylic acids is 1. The Kier molecular flexibility index (Phi) is 6.06. The van der Waals surface area contributed by atoms with Crippen LogP contribution in [0.2, 0.25) is 0 Å². The standard InChI is InChI=1S/C22H17BrN4O4S/c1-14-2-12-19(13-3-14)32(29,30)27-18-10-6-15(7-11-18)20(28)24-22-26-25-21(31-22)16-4-8-17(23)9-5-16/h2-13,27H,1H3,(H,24,26,28). The lowest BCUT2D eigenvalue weighted by Gasteiger charge is -2.09. The third-order valence-corrected chi connectivity index (χ3v) is 6.39. The van der Waals surface area contributed by atoms with E-state index in [-0.39, 0.29) is 16.8 Å². The molecule has 3 aromatic carbocycles. The minimum atomic E-state index is -3.72. The number of hydrogen-bond acceptors (Lipinski definition) is 6. The highest BCUT2D eigenvalue weighted by Gasteiger charge is 2.16. The van der Waals surface area contributed by atoms with Crippen molar-refractivity contribution in [1.82, 2.24) is 10.2 Å². The molecule has 0 bridgehead atoms. The van der Waals surface area contributed by atoms with E-state index in [4.69, 9.17) is 4.42 Å². The molecule has 0 fully saturated rings. The SMILES string of the molecule is Cc1ccc(S(=O)(=O)Nc2ccc(C(=O)Nc3nnc(-c4ccc(Br)cc4)o3)cc2)cc1. The van der Waals surface area contributed by atoms with Gasteiger partial charge in [0.25, 0.3) is 15.9 Å². The number of nitrogens with zero attached hydrogens (tertiary/aromatic N) is 2. The number of aryl methyl sites for hydroxylation is 1. The van der Waals surface area contributed by atoms with Crippen LogP contribution in [0.3, 0.4) is 0 Å². The maximum atomic E-state index is 12.5. The first-order valence-corrected chi connectivity index (χ1v) is 11.7. The molecular weight excluding hydrogens is 496 g/mol. The summed E-state index contributed by atoms with van der Waals surface area (Å²) in [5, 5.41) is 10.3. The zero-order valence-corrected chi connectivity index (χ0v) is 19.1. The molecule has 0 aliphatic heterocycles. The number of rotatable bonds is 6. The van der Waals surface area contributed by atoms with Crippen molar-refractivity contribution in [2.45, 2.75) is 11.8 Å². The highest BCUT2D eigenvalue weighted by atomic mass is 79.9. The molecule has 10 heteroatoms. The molecule has 0 aliphatic rings. The average molecular weight is 513 g/mol. The lowest BCUT2D eigenvalue weighted by molar-refractivity contribution is 0.102. The van der Waals surface area contributed by atoms with Gasteiger partial charge in [0.15, 0.2) is 0 Å². The molecule has 0 aliphatic carbocycles. The van der Waals surface area contributed by atoms with E-state index in [1.165, 1.54) is 36.4 Å². The first-order valence-electron chi connectivity index (χ1n) is 9.40. The fourth-order valence-corrected chi connectivity index (χ4v) is 4.10. The van der Waals surface area contributed by atoms with Crippen molar-refractivity contribution < 1.29 is 17.6 Å². The molecular formula is C22H17BrN4O4S. The number of sulfonamides is 1. The zero-order chi connectivity index (χ0) is 22.7. The van der Waals surface area contributed by atoms with Gasteiger partial charge >= 0.3 is 6.01 Å². The molecule has 0 saturated heterocycles. The quantitative estimate of drug-likeness (QED) is 0.381. The van der Waals surface area contributed by atoms with Gasteiger partial charge in [-0.3, -0.25) is 14.8 Å². The van der Waals surface area contributed by atoms with E-state index < -0.39 is 15.9 Å². The van der Waals surface area contributed by atoms with Gasteiger partial charge in [-0.25, -0.2) is 8.42 Å².